The van der Waals surface area contributed by atoms with Gasteiger partial charge >= 0.3 is 0 Å². The number of carbonyl (C=O) groups is 1. The molecule has 0 N–H and O–H groups in total. The minimum absolute atomic E-state index is 0.0375. The van der Waals surface area contributed by atoms with Crippen LogP contribution >= 0.6 is 11.3 Å². The van der Waals surface area contributed by atoms with Gasteiger partial charge in [-0.2, -0.15) is 0 Å². The number of Topliss-reactive ketones (excluding diaryl/α,β-unsaturated/α-hetero) is 1. The molecule has 3 nitrogen and oxygen atoms in total. The van der Waals surface area contributed by atoms with Crippen LogP contribution in [0.15, 0.2) is 11.6 Å². The van der Waals surface area contributed by atoms with Gasteiger partial charge in [-0.15, -0.1) is 11.3 Å². The first-order valence-corrected chi connectivity index (χ1v) is 5.45. The molecule has 0 radical (unpaired) electrons. The summed E-state index contributed by atoms with van der Waals surface area (Å²) in [6, 6.07) is 0. The lowest BCUT2D eigenvalue weighted by molar-refractivity contribution is 0.0933. The number of nitrogens with zero attached hydrogens (tertiary/aromatic N) is 2. The second kappa shape index (κ2) is 3.20. The minimum atomic E-state index is 0.0375. The van der Waals surface area contributed by atoms with Gasteiger partial charge in [-0.3, -0.25) is 9.20 Å². The molecule has 2 heterocycles. The minimum Gasteiger partial charge on any atom is -0.292 e. The molecule has 0 spiro atoms. The maximum absolute atomic E-state index is 11.8. The van der Waals surface area contributed by atoms with Crippen LogP contribution < -0.4 is 0 Å². The molecule has 4 heteroatoms. The molecular weight excluding hydrogens is 196 g/mol. The monoisotopic (exact) mass is 208 g/mol. The van der Waals surface area contributed by atoms with E-state index in [1.165, 1.54) is 11.3 Å². The van der Waals surface area contributed by atoms with Crippen molar-refractivity contribution < 1.29 is 4.79 Å². The summed E-state index contributed by atoms with van der Waals surface area (Å²) >= 11 is 1.51. The number of hydrogen-bond donors (Lipinski definition) is 0. The Hall–Kier alpha value is -1.16. The number of fused-ring (bicyclic) bond motifs is 1. The van der Waals surface area contributed by atoms with Crippen molar-refractivity contribution in [3.05, 3.63) is 23.0 Å². The smallest absolute Gasteiger partial charge is 0.194 e. The fourth-order valence-electron chi connectivity index (χ4n) is 1.37. The summed E-state index contributed by atoms with van der Waals surface area (Å²) in [7, 11) is 0. The van der Waals surface area contributed by atoms with Crippen LogP contribution in [0, 0.1) is 12.8 Å². The van der Waals surface area contributed by atoms with Gasteiger partial charge in [-0.1, -0.05) is 13.8 Å². The molecule has 74 valence electrons. The van der Waals surface area contributed by atoms with Crippen molar-refractivity contribution in [3.63, 3.8) is 0 Å². The summed E-state index contributed by atoms with van der Waals surface area (Å²) in [5.74, 6) is 0.212. The molecule has 0 aliphatic carbocycles. The van der Waals surface area contributed by atoms with Crippen LogP contribution in [-0.4, -0.2) is 15.2 Å². The summed E-state index contributed by atoms with van der Waals surface area (Å²) < 4.78 is 1.88. The molecule has 0 amide bonds. The molecule has 0 aliphatic rings. The summed E-state index contributed by atoms with van der Waals surface area (Å²) in [5.41, 5.74) is 1.70. The number of imidazole rings is 1. The lowest BCUT2D eigenvalue weighted by atomic mass is 10.1. The molecule has 0 aromatic carbocycles. The Kier molecular flexibility index (Phi) is 2.15. The molecule has 0 saturated carbocycles. The predicted octanol–water partition coefficient (Wildman–Crippen LogP) is 2.54. The van der Waals surface area contributed by atoms with Crippen LogP contribution in [0.25, 0.3) is 4.96 Å². The van der Waals surface area contributed by atoms with Crippen molar-refractivity contribution in [2.24, 2.45) is 5.92 Å². The molecule has 2 rings (SSSR count). The van der Waals surface area contributed by atoms with E-state index >= 15 is 0 Å². The Morgan fingerprint density at radius 1 is 1.57 bits per heavy atom. The first-order chi connectivity index (χ1) is 6.59. The summed E-state index contributed by atoms with van der Waals surface area (Å²) in [6.07, 6.45) is 1.90. The van der Waals surface area contributed by atoms with Crippen LogP contribution in [0.5, 0.6) is 0 Å². The number of aromatic nitrogens is 2. The van der Waals surface area contributed by atoms with E-state index in [2.05, 4.69) is 4.98 Å². The van der Waals surface area contributed by atoms with Gasteiger partial charge in [0, 0.05) is 17.5 Å². The Bertz CT molecular complexity index is 481. The second-order valence-electron chi connectivity index (χ2n) is 3.67. The first kappa shape index (κ1) is 9.40. The Labute approximate surface area is 86.4 Å². The number of hydrogen-bond acceptors (Lipinski definition) is 3. The summed E-state index contributed by atoms with van der Waals surface area (Å²) in [4.78, 5) is 17.0. The molecular formula is C10H12N2OS. The van der Waals surface area contributed by atoms with Gasteiger partial charge < -0.3 is 0 Å². The second-order valence-corrected chi connectivity index (χ2v) is 4.51. The molecule has 2 aromatic rings. The van der Waals surface area contributed by atoms with E-state index in [-0.39, 0.29) is 11.7 Å². The highest BCUT2D eigenvalue weighted by atomic mass is 32.1. The molecule has 2 aromatic heterocycles. The zero-order valence-corrected chi connectivity index (χ0v) is 9.26. The average Bonchev–Trinajstić information content (AvgIpc) is 2.61. The number of carbonyl (C=O) groups excluding carboxylic acids is 1. The highest BCUT2D eigenvalue weighted by molar-refractivity contribution is 7.15. The average molecular weight is 208 g/mol. The van der Waals surface area contributed by atoms with Gasteiger partial charge in [0.2, 0.25) is 0 Å². The summed E-state index contributed by atoms with van der Waals surface area (Å²) in [5, 5.41) is 1.88. The largest absolute Gasteiger partial charge is 0.292 e. The van der Waals surface area contributed by atoms with E-state index in [1.54, 1.807) is 0 Å². The highest BCUT2D eigenvalue weighted by Gasteiger charge is 2.16. The van der Waals surface area contributed by atoms with Crippen LogP contribution in [0.4, 0.5) is 0 Å². The zero-order chi connectivity index (χ0) is 10.3. The van der Waals surface area contributed by atoms with Gasteiger partial charge in [0.15, 0.2) is 10.7 Å². The molecule has 0 atom stereocenters. The molecule has 0 unspecified atom stereocenters. The van der Waals surface area contributed by atoms with Crippen molar-refractivity contribution in [3.8, 4) is 0 Å². The topological polar surface area (TPSA) is 34.4 Å². The molecule has 14 heavy (non-hydrogen) atoms. The third kappa shape index (κ3) is 1.35. The SMILES string of the molecule is Cc1cn2c(C(=O)C(C)C)csc2n1. The van der Waals surface area contributed by atoms with Gasteiger partial charge in [0.25, 0.3) is 0 Å². The fourth-order valence-corrected chi connectivity index (χ4v) is 2.28. The van der Waals surface area contributed by atoms with Crippen LogP contribution in [0.1, 0.15) is 30.0 Å². The number of ketones is 1. The van der Waals surface area contributed by atoms with E-state index in [0.29, 0.717) is 0 Å². The van der Waals surface area contributed by atoms with Crippen molar-refractivity contribution >= 4 is 22.1 Å². The first-order valence-electron chi connectivity index (χ1n) is 4.57. The van der Waals surface area contributed by atoms with Crippen LogP contribution in [0.3, 0.4) is 0 Å². The predicted molar refractivity (Wildman–Crippen MR) is 57.0 cm³/mol. The van der Waals surface area contributed by atoms with Crippen molar-refractivity contribution in [1.29, 1.82) is 0 Å². The third-order valence-corrected chi connectivity index (χ3v) is 2.95. The van der Waals surface area contributed by atoms with E-state index in [4.69, 9.17) is 0 Å². The van der Waals surface area contributed by atoms with Crippen LogP contribution in [0.2, 0.25) is 0 Å². The number of rotatable bonds is 2. The summed E-state index contributed by atoms with van der Waals surface area (Å²) in [6.45, 7) is 5.76. The van der Waals surface area contributed by atoms with Gasteiger partial charge in [0.05, 0.1) is 5.69 Å². The zero-order valence-electron chi connectivity index (χ0n) is 8.44. The Balaban J connectivity index is 2.57. The number of aryl methyl sites for hydroxylation is 1. The van der Waals surface area contributed by atoms with Crippen LogP contribution in [-0.2, 0) is 0 Å². The molecule has 0 fully saturated rings. The number of thiazole rings is 1. The third-order valence-electron chi connectivity index (χ3n) is 2.11. The van der Waals surface area contributed by atoms with Crippen molar-refractivity contribution in [2.75, 3.05) is 0 Å². The Morgan fingerprint density at radius 3 is 2.93 bits per heavy atom. The van der Waals surface area contributed by atoms with E-state index < -0.39 is 0 Å². The van der Waals surface area contributed by atoms with Crippen molar-refractivity contribution in [2.45, 2.75) is 20.8 Å². The maximum Gasteiger partial charge on any atom is 0.194 e. The lowest BCUT2D eigenvalue weighted by Gasteiger charge is -2.01. The maximum atomic E-state index is 11.8. The normalized spacial score (nSPS) is 11.4. The van der Waals surface area contributed by atoms with E-state index in [1.807, 2.05) is 36.7 Å². The Morgan fingerprint density at radius 2 is 2.29 bits per heavy atom. The molecule has 0 aliphatic heterocycles. The van der Waals surface area contributed by atoms with Crippen molar-refractivity contribution in [1.82, 2.24) is 9.38 Å². The molecule has 0 saturated heterocycles. The van der Waals surface area contributed by atoms with E-state index in [9.17, 15) is 4.79 Å². The molecule has 0 bridgehead atoms. The quantitative estimate of drug-likeness (QED) is 0.711. The highest BCUT2D eigenvalue weighted by Crippen LogP contribution is 2.18. The fraction of sp³-hybridized carbons (Fsp3) is 0.400. The van der Waals surface area contributed by atoms with Gasteiger partial charge in [0.1, 0.15) is 5.69 Å². The van der Waals surface area contributed by atoms with E-state index in [0.717, 1.165) is 16.3 Å². The standard InChI is InChI=1S/C10H12N2OS/c1-6(2)9(13)8-5-14-10-11-7(3)4-12(8)10/h4-6H,1-3H3. The van der Waals surface area contributed by atoms with Gasteiger partial charge in [-0.25, -0.2) is 4.98 Å². The lowest BCUT2D eigenvalue weighted by Crippen LogP contribution is -2.09. The van der Waals surface area contributed by atoms with Gasteiger partial charge in [-0.05, 0) is 6.92 Å².